The van der Waals surface area contributed by atoms with Crippen molar-refractivity contribution >= 4 is 5.82 Å². The van der Waals surface area contributed by atoms with E-state index in [1.165, 1.54) is 6.33 Å². The highest BCUT2D eigenvalue weighted by molar-refractivity contribution is 5.56. The molecule has 0 radical (unpaired) electrons. The minimum Gasteiger partial charge on any atom is -0.493 e. The summed E-state index contributed by atoms with van der Waals surface area (Å²) < 4.78 is 16.4. The van der Waals surface area contributed by atoms with Gasteiger partial charge in [0.25, 0.3) is 5.88 Å². The molecule has 0 fully saturated rings. The molecule has 1 heterocycles. The van der Waals surface area contributed by atoms with Crippen molar-refractivity contribution in [3.8, 4) is 23.1 Å². The number of nitrogens with zero attached hydrogens (tertiary/aromatic N) is 2. The van der Waals surface area contributed by atoms with E-state index in [1.54, 1.807) is 20.3 Å². The summed E-state index contributed by atoms with van der Waals surface area (Å²) in [5.41, 5.74) is 0. The molecule has 21 heavy (non-hydrogen) atoms. The number of ether oxygens (including phenoxy) is 3. The minimum absolute atomic E-state index is 0.343. The van der Waals surface area contributed by atoms with Gasteiger partial charge in [0.1, 0.15) is 6.33 Å². The maximum Gasteiger partial charge on any atom is 0.268 e. The van der Waals surface area contributed by atoms with Crippen LogP contribution in [0.15, 0.2) is 30.6 Å². The highest BCUT2D eigenvalue weighted by atomic mass is 16.5. The molecule has 0 spiro atoms. The standard InChI is InChI=1S/C15H19N3O3/c1-4-9-16-14-13(20-3)15(18-10-17-14)21-12-8-6-5-7-11(12)19-2/h5-8,10H,4,9H2,1-3H3,(H,16,17,18). The van der Waals surface area contributed by atoms with Crippen LogP contribution >= 0.6 is 0 Å². The number of hydrogen-bond donors (Lipinski definition) is 1. The first kappa shape index (κ1) is 14.9. The van der Waals surface area contributed by atoms with Gasteiger partial charge < -0.3 is 19.5 Å². The van der Waals surface area contributed by atoms with Crippen molar-refractivity contribution in [1.29, 1.82) is 0 Å². The Morgan fingerprint density at radius 3 is 2.48 bits per heavy atom. The van der Waals surface area contributed by atoms with Crippen molar-refractivity contribution in [2.75, 3.05) is 26.1 Å². The van der Waals surface area contributed by atoms with Gasteiger partial charge in [0.2, 0.25) is 5.75 Å². The normalized spacial score (nSPS) is 10.0. The monoisotopic (exact) mass is 289 g/mol. The van der Waals surface area contributed by atoms with Gasteiger partial charge in [-0.3, -0.25) is 0 Å². The number of hydrogen-bond acceptors (Lipinski definition) is 6. The van der Waals surface area contributed by atoms with Crippen molar-refractivity contribution in [3.05, 3.63) is 30.6 Å². The fourth-order valence-electron chi connectivity index (χ4n) is 1.79. The van der Waals surface area contributed by atoms with E-state index in [-0.39, 0.29) is 0 Å². The molecule has 0 aliphatic carbocycles. The van der Waals surface area contributed by atoms with Gasteiger partial charge in [-0.1, -0.05) is 19.1 Å². The molecule has 1 aromatic carbocycles. The summed E-state index contributed by atoms with van der Waals surface area (Å²) >= 11 is 0. The molecule has 0 saturated heterocycles. The van der Waals surface area contributed by atoms with Gasteiger partial charge in [0.05, 0.1) is 14.2 Å². The topological polar surface area (TPSA) is 65.5 Å². The number of para-hydroxylation sites is 2. The molecule has 6 nitrogen and oxygen atoms in total. The highest BCUT2D eigenvalue weighted by Crippen LogP contribution is 2.37. The Bertz CT molecular complexity index is 590. The number of anilines is 1. The Labute approximate surface area is 124 Å². The van der Waals surface area contributed by atoms with E-state index in [2.05, 4.69) is 22.2 Å². The molecule has 0 unspecified atom stereocenters. The van der Waals surface area contributed by atoms with Crippen LogP contribution in [0, 0.1) is 0 Å². The predicted molar refractivity (Wildman–Crippen MR) is 80.4 cm³/mol. The molecule has 2 rings (SSSR count). The number of aromatic nitrogens is 2. The zero-order chi connectivity index (χ0) is 15.1. The van der Waals surface area contributed by atoms with E-state index in [4.69, 9.17) is 14.2 Å². The molecular weight excluding hydrogens is 270 g/mol. The number of benzene rings is 1. The molecule has 1 N–H and O–H groups in total. The van der Waals surface area contributed by atoms with E-state index in [1.807, 2.05) is 18.2 Å². The quantitative estimate of drug-likeness (QED) is 0.845. The van der Waals surface area contributed by atoms with Gasteiger partial charge in [-0.15, -0.1) is 0 Å². The molecule has 0 amide bonds. The molecule has 0 saturated carbocycles. The molecule has 0 atom stereocenters. The second kappa shape index (κ2) is 7.33. The largest absolute Gasteiger partial charge is 0.493 e. The zero-order valence-corrected chi connectivity index (χ0v) is 12.4. The lowest BCUT2D eigenvalue weighted by Gasteiger charge is -2.14. The number of nitrogens with one attached hydrogen (secondary N) is 1. The van der Waals surface area contributed by atoms with Crippen LogP contribution in [0.5, 0.6) is 23.1 Å². The summed E-state index contributed by atoms with van der Waals surface area (Å²) in [5, 5.41) is 3.18. The van der Waals surface area contributed by atoms with Gasteiger partial charge in [-0.2, -0.15) is 4.98 Å². The fourth-order valence-corrected chi connectivity index (χ4v) is 1.79. The van der Waals surface area contributed by atoms with E-state index in [0.717, 1.165) is 13.0 Å². The number of methoxy groups -OCH3 is 2. The smallest absolute Gasteiger partial charge is 0.268 e. The Morgan fingerprint density at radius 1 is 1.05 bits per heavy atom. The third kappa shape index (κ3) is 3.53. The lowest BCUT2D eigenvalue weighted by Crippen LogP contribution is -2.06. The molecule has 0 bridgehead atoms. The van der Waals surface area contributed by atoms with Crippen LogP contribution in [-0.4, -0.2) is 30.7 Å². The van der Waals surface area contributed by atoms with Crippen LogP contribution in [0.1, 0.15) is 13.3 Å². The average Bonchev–Trinajstić information content (AvgIpc) is 2.53. The van der Waals surface area contributed by atoms with Gasteiger partial charge in [0.15, 0.2) is 17.3 Å². The summed E-state index contributed by atoms with van der Waals surface area (Å²) in [5.74, 6) is 2.62. The third-order valence-corrected chi connectivity index (χ3v) is 2.79. The lowest BCUT2D eigenvalue weighted by molar-refractivity contribution is 0.348. The average molecular weight is 289 g/mol. The Hall–Kier alpha value is -2.50. The Kier molecular flexibility index (Phi) is 5.20. The van der Waals surface area contributed by atoms with Crippen LogP contribution < -0.4 is 19.5 Å². The van der Waals surface area contributed by atoms with Crippen molar-refractivity contribution < 1.29 is 14.2 Å². The summed E-state index contributed by atoms with van der Waals surface area (Å²) in [6, 6.07) is 7.36. The summed E-state index contributed by atoms with van der Waals surface area (Å²) in [6.07, 6.45) is 2.42. The zero-order valence-electron chi connectivity index (χ0n) is 12.4. The van der Waals surface area contributed by atoms with Crippen molar-refractivity contribution in [2.45, 2.75) is 13.3 Å². The second-order valence-electron chi connectivity index (χ2n) is 4.24. The second-order valence-corrected chi connectivity index (χ2v) is 4.24. The van der Waals surface area contributed by atoms with Crippen LogP contribution in [0.3, 0.4) is 0 Å². The first-order valence-electron chi connectivity index (χ1n) is 6.73. The summed E-state index contributed by atoms with van der Waals surface area (Å²) in [4.78, 5) is 8.31. The fraction of sp³-hybridized carbons (Fsp3) is 0.333. The molecular formula is C15H19N3O3. The van der Waals surface area contributed by atoms with E-state index >= 15 is 0 Å². The van der Waals surface area contributed by atoms with Crippen molar-refractivity contribution in [2.24, 2.45) is 0 Å². The van der Waals surface area contributed by atoms with Crippen molar-refractivity contribution in [1.82, 2.24) is 9.97 Å². The predicted octanol–water partition coefficient (Wildman–Crippen LogP) is 3.11. The van der Waals surface area contributed by atoms with Gasteiger partial charge in [-0.25, -0.2) is 4.98 Å². The number of rotatable bonds is 7. The Balaban J connectivity index is 2.31. The van der Waals surface area contributed by atoms with Crippen LogP contribution in [0.25, 0.3) is 0 Å². The van der Waals surface area contributed by atoms with E-state index in [0.29, 0.717) is 28.9 Å². The minimum atomic E-state index is 0.343. The lowest BCUT2D eigenvalue weighted by atomic mass is 10.3. The molecule has 0 aliphatic heterocycles. The maximum atomic E-state index is 5.80. The van der Waals surface area contributed by atoms with Gasteiger partial charge in [-0.05, 0) is 18.6 Å². The molecule has 1 aromatic heterocycles. The van der Waals surface area contributed by atoms with Crippen LogP contribution in [-0.2, 0) is 0 Å². The van der Waals surface area contributed by atoms with Crippen LogP contribution in [0.2, 0.25) is 0 Å². The maximum absolute atomic E-state index is 5.80. The SMILES string of the molecule is CCCNc1ncnc(Oc2ccccc2OC)c1OC. The van der Waals surface area contributed by atoms with E-state index in [9.17, 15) is 0 Å². The van der Waals surface area contributed by atoms with Gasteiger partial charge in [0, 0.05) is 6.54 Å². The third-order valence-electron chi connectivity index (χ3n) is 2.79. The summed E-state index contributed by atoms with van der Waals surface area (Å²) in [6.45, 7) is 2.87. The van der Waals surface area contributed by atoms with Crippen LogP contribution in [0.4, 0.5) is 5.82 Å². The van der Waals surface area contributed by atoms with Crippen molar-refractivity contribution in [3.63, 3.8) is 0 Å². The first-order chi connectivity index (χ1) is 10.3. The Morgan fingerprint density at radius 2 is 1.81 bits per heavy atom. The first-order valence-corrected chi connectivity index (χ1v) is 6.73. The molecule has 112 valence electrons. The summed E-state index contributed by atoms with van der Waals surface area (Å²) in [7, 11) is 3.15. The molecule has 0 aliphatic rings. The highest BCUT2D eigenvalue weighted by Gasteiger charge is 2.15. The molecule has 2 aromatic rings. The molecule has 6 heteroatoms. The van der Waals surface area contributed by atoms with Gasteiger partial charge >= 0.3 is 0 Å². The van der Waals surface area contributed by atoms with E-state index < -0.39 is 0 Å².